The molecule has 23 heavy (non-hydrogen) atoms. The van der Waals surface area contributed by atoms with Gasteiger partial charge in [-0.3, -0.25) is 4.79 Å². The van der Waals surface area contributed by atoms with Crippen LogP contribution >= 0.6 is 15.9 Å². The quantitative estimate of drug-likeness (QED) is 0.790. The lowest BCUT2D eigenvalue weighted by atomic mass is 10.1. The number of rotatable bonds is 6. The van der Waals surface area contributed by atoms with E-state index in [0.717, 1.165) is 23.0 Å². The van der Waals surface area contributed by atoms with Gasteiger partial charge in [0, 0.05) is 17.2 Å². The third kappa shape index (κ3) is 5.32. The second-order valence-corrected chi connectivity index (χ2v) is 6.67. The number of hydrogen-bond donors (Lipinski definition) is 2. The maximum Gasteiger partial charge on any atom is 0.274 e. The van der Waals surface area contributed by atoms with Gasteiger partial charge >= 0.3 is 0 Å². The molecule has 0 fully saturated rings. The van der Waals surface area contributed by atoms with E-state index in [0.29, 0.717) is 23.2 Å². The first-order valence-electron chi connectivity index (χ1n) is 7.60. The maximum absolute atomic E-state index is 12.3. The van der Waals surface area contributed by atoms with Crippen molar-refractivity contribution >= 4 is 33.5 Å². The average molecular weight is 377 g/mol. The molecule has 1 heterocycles. The van der Waals surface area contributed by atoms with E-state index >= 15 is 0 Å². The van der Waals surface area contributed by atoms with Crippen LogP contribution in [0.2, 0.25) is 0 Å². The fourth-order valence-electron chi connectivity index (χ4n) is 1.95. The van der Waals surface area contributed by atoms with Crippen molar-refractivity contribution in [2.75, 3.05) is 17.2 Å². The third-order valence-corrected chi connectivity index (χ3v) is 3.92. The number of hydrogen-bond acceptors (Lipinski definition) is 4. The number of nitrogens with zero attached hydrogens (tertiary/aromatic N) is 2. The zero-order valence-electron chi connectivity index (χ0n) is 13.6. The molecule has 2 aromatic rings. The first-order chi connectivity index (χ1) is 11.0. The number of halogens is 1. The second-order valence-electron chi connectivity index (χ2n) is 5.81. The van der Waals surface area contributed by atoms with Gasteiger partial charge in [-0.25, -0.2) is 9.97 Å². The van der Waals surface area contributed by atoms with Gasteiger partial charge in [0.2, 0.25) is 5.95 Å². The Labute approximate surface area is 145 Å². The van der Waals surface area contributed by atoms with Gasteiger partial charge in [-0.2, -0.15) is 0 Å². The van der Waals surface area contributed by atoms with E-state index in [2.05, 4.69) is 50.4 Å². The molecule has 0 unspecified atom stereocenters. The molecule has 0 saturated heterocycles. The summed E-state index contributed by atoms with van der Waals surface area (Å²) in [6.07, 6.45) is 2.61. The van der Waals surface area contributed by atoms with Crippen molar-refractivity contribution in [3.63, 3.8) is 0 Å². The van der Waals surface area contributed by atoms with Crippen molar-refractivity contribution in [2.45, 2.75) is 27.2 Å². The minimum absolute atomic E-state index is 0.260. The highest BCUT2D eigenvalue weighted by molar-refractivity contribution is 9.10. The fourth-order valence-corrected chi connectivity index (χ4v) is 2.54. The number of amides is 1. The molecule has 0 spiro atoms. The molecule has 0 aliphatic rings. The summed E-state index contributed by atoms with van der Waals surface area (Å²) in [4.78, 5) is 20.7. The largest absolute Gasteiger partial charge is 0.354 e. The van der Waals surface area contributed by atoms with Crippen LogP contribution in [0, 0.1) is 12.8 Å². The molecule has 0 radical (unpaired) electrons. The lowest BCUT2D eigenvalue weighted by molar-refractivity contribution is 0.102. The Morgan fingerprint density at radius 3 is 2.78 bits per heavy atom. The molecular weight excluding hydrogens is 356 g/mol. The molecule has 0 aliphatic heterocycles. The zero-order chi connectivity index (χ0) is 16.8. The van der Waals surface area contributed by atoms with Crippen molar-refractivity contribution in [3.05, 3.63) is 46.2 Å². The van der Waals surface area contributed by atoms with Crippen molar-refractivity contribution in [3.8, 4) is 0 Å². The normalized spacial score (nSPS) is 10.7. The predicted octanol–water partition coefficient (Wildman–Crippen LogP) is 4.26. The SMILES string of the molecule is Cc1ccc(NC(=O)c2ccnc(NCCC(C)C)n2)c(Br)c1. The van der Waals surface area contributed by atoms with Crippen LogP contribution in [-0.4, -0.2) is 22.4 Å². The zero-order valence-corrected chi connectivity index (χ0v) is 15.1. The summed E-state index contributed by atoms with van der Waals surface area (Å²) in [7, 11) is 0. The average Bonchev–Trinajstić information content (AvgIpc) is 2.50. The van der Waals surface area contributed by atoms with E-state index in [1.165, 1.54) is 0 Å². The lowest BCUT2D eigenvalue weighted by Crippen LogP contribution is -2.16. The van der Waals surface area contributed by atoms with Crippen molar-refractivity contribution in [2.24, 2.45) is 5.92 Å². The monoisotopic (exact) mass is 376 g/mol. The number of aromatic nitrogens is 2. The number of anilines is 2. The molecule has 122 valence electrons. The van der Waals surface area contributed by atoms with Crippen LogP contribution in [0.5, 0.6) is 0 Å². The van der Waals surface area contributed by atoms with E-state index < -0.39 is 0 Å². The third-order valence-electron chi connectivity index (χ3n) is 3.27. The summed E-state index contributed by atoms with van der Waals surface area (Å²) in [5.74, 6) is 0.818. The van der Waals surface area contributed by atoms with Gasteiger partial charge in [-0.15, -0.1) is 0 Å². The Morgan fingerprint density at radius 2 is 2.09 bits per heavy atom. The van der Waals surface area contributed by atoms with E-state index in [4.69, 9.17) is 0 Å². The lowest BCUT2D eigenvalue weighted by Gasteiger charge is -2.09. The molecule has 0 saturated carbocycles. The van der Waals surface area contributed by atoms with Crippen LogP contribution in [0.3, 0.4) is 0 Å². The summed E-state index contributed by atoms with van der Waals surface area (Å²) in [5.41, 5.74) is 2.17. The first kappa shape index (κ1) is 17.4. The number of benzene rings is 1. The van der Waals surface area contributed by atoms with Crippen molar-refractivity contribution in [1.82, 2.24) is 9.97 Å². The van der Waals surface area contributed by atoms with E-state index in [1.54, 1.807) is 12.3 Å². The first-order valence-corrected chi connectivity index (χ1v) is 8.39. The fraction of sp³-hybridized carbons (Fsp3) is 0.353. The number of carbonyl (C=O) groups is 1. The minimum Gasteiger partial charge on any atom is -0.354 e. The van der Waals surface area contributed by atoms with E-state index in [1.807, 2.05) is 25.1 Å². The molecule has 2 N–H and O–H groups in total. The summed E-state index contributed by atoms with van der Waals surface area (Å²) in [6, 6.07) is 7.36. The number of carbonyl (C=O) groups excluding carboxylic acids is 1. The van der Waals surface area contributed by atoms with Gasteiger partial charge in [-0.1, -0.05) is 19.9 Å². The van der Waals surface area contributed by atoms with Crippen LogP contribution in [0.4, 0.5) is 11.6 Å². The Morgan fingerprint density at radius 1 is 1.30 bits per heavy atom. The molecule has 1 aromatic carbocycles. The summed E-state index contributed by atoms with van der Waals surface area (Å²) < 4.78 is 0.843. The van der Waals surface area contributed by atoms with Crippen LogP contribution in [0.1, 0.15) is 36.3 Å². The Hall–Kier alpha value is -1.95. The number of aryl methyl sites for hydroxylation is 1. The molecule has 1 aromatic heterocycles. The molecule has 1 amide bonds. The Balaban J connectivity index is 2.04. The number of nitrogens with one attached hydrogen (secondary N) is 2. The van der Waals surface area contributed by atoms with Crippen LogP contribution in [0.15, 0.2) is 34.9 Å². The Bertz CT molecular complexity index is 688. The molecular formula is C17H21BrN4O. The van der Waals surface area contributed by atoms with Gasteiger partial charge in [-0.05, 0) is 59.0 Å². The van der Waals surface area contributed by atoms with Gasteiger partial charge < -0.3 is 10.6 Å². The summed E-state index contributed by atoms with van der Waals surface area (Å²) >= 11 is 3.45. The second kappa shape index (κ2) is 8.06. The van der Waals surface area contributed by atoms with Crippen LogP contribution < -0.4 is 10.6 Å². The molecule has 0 atom stereocenters. The van der Waals surface area contributed by atoms with E-state index in [-0.39, 0.29) is 5.91 Å². The molecule has 0 aliphatic carbocycles. The standard InChI is InChI=1S/C17H21BrN4O/c1-11(2)6-8-19-17-20-9-7-15(22-17)16(23)21-14-5-4-12(3)10-13(14)18/h4-5,7,9-11H,6,8H2,1-3H3,(H,21,23)(H,19,20,22). The van der Waals surface area contributed by atoms with Crippen molar-refractivity contribution in [1.29, 1.82) is 0 Å². The maximum atomic E-state index is 12.3. The van der Waals surface area contributed by atoms with Gasteiger partial charge in [0.25, 0.3) is 5.91 Å². The molecule has 2 rings (SSSR count). The van der Waals surface area contributed by atoms with E-state index in [9.17, 15) is 4.79 Å². The van der Waals surface area contributed by atoms with Crippen molar-refractivity contribution < 1.29 is 4.79 Å². The van der Waals surface area contributed by atoms with Crippen LogP contribution in [0.25, 0.3) is 0 Å². The molecule has 0 bridgehead atoms. The smallest absolute Gasteiger partial charge is 0.274 e. The predicted molar refractivity (Wildman–Crippen MR) is 96.8 cm³/mol. The topological polar surface area (TPSA) is 66.9 Å². The van der Waals surface area contributed by atoms with Gasteiger partial charge in [0.05, 0.1) is 5.69 Å². The van der Waals surface area contributed by atoms with Gasteiger partial charge in [0.1, 0.15) is 5.69 Å². The highest BCUT2D eigenvalue weighted by atomic mass is 79.9. The molecule has 6 heteroatoms. The summed E-state index contributed by atoms with van der Waals surface area (Å²) in [6.45, 7) is 7.10. The summed E-state index contributed by atoms with van der Waals surface area (Å²) in [5, 5.41) is 5.99. The minimum atomic E-state index is -0.260. The Kier molecular flexibility index (Phi) is 6.10. The highest BCUT2D eigenvalue weighted by Gasteiger charge is 2.11. The van der Waals surface area contributed by atoms with Crippen LogP contribution in [-0.2, 0) is 0 Å². The highest BCUT2D eigenvalue weighted by Crippen LogP contribution is 2.23. The molecule has 5 nitrogen and oxygen atoms in total. The van der Waals surface area contributed by atoms with Gasteiger partial charge in [0.15, 0.2) is 0 Å².